The van der Waals surface area contributed by atoms with Crippen LogP contribution in [0.3, 0.4) is 0 Å². The Balaban J connectivity index is 1.57. The molecule has 0 aliphatic heterocycles. The van der Waals surface area contributed by atoms with E-state index >= 15 is 0 Å². The van der Waals surface area contributed by atoms with E-state index in [9.17, 15) is 10.2 Å². The van der Waals surface area contributed by atoms with Gasteiger partial charge in [0.05, 0.1) is 11.2 Å². The molecule has 10 aliphatic rings. The lowest BCUT2D eigenvalue weighted by atomic mass is 9.20. The van der Waals surface area contributed by atoms with E-state index in [0.717, 1.165) is 55.3 Å². The molecule has 0 saturated heterocycles. The van der Waals surface area contributed by atoms with Crippen molar-refractivity contribution in [3.63, 3.8) is 0 Å². The van der Waals surface area contributed by atoms with Gasteiger partial charge in [0.25, 0.3) is 0 Å². The summed E-state index contributed by atoms with van der Waals surface area (Å²) in [5.74, 6) is 6.09. The van der Waals surface area contributed by atoms with Crippen molar-refractivity contribution in [1.82, 2.24) is 0 Å². The molecular weight excluding hydrogens is 248 g/mol. The maximum atomic E-state index is 11.6. The maximum absolute atomic E-state index is 11.6. The summed E-state index contributed by atoms with van der Waals surface area (Å²) in [7, 11) is 0. The van der Waals surface area contributed by atoms with Gasteiger partial charge in [-0.05, 0) is 97.7 Å². The van der Waals surface area contributed by atoms with E-state index in [1.807, 2.05) is 0 Å². The van der Waals surface area contributed by atoms with E-state index in [4.69, 9.17) is 0 Å². The molecule has 11 bridgehead atoms. The fourth-order valence-corrected chi connectivity index (χ4v) is 10.4. The topological polar surface area (TPSA) is 40.5 Å². The van der Waals surface area contributed by atoms with Gasteiger partial charge in [-0.25, -0.2) is 0 Å². The maximum Gasteiger partial charge on any atom is 0.0717 e. The first kappa shape index (κ1) is 10.6. The molecule has 10 aliphatic carbocycles. The molecule has 10 rings (SSSR count). The summed E-state index contributed by atoms with van der Waals surface area (Å²) in [4.78, 5) is 0. The minimum absolute atomic E-state index is 0.312. The van der Waals surface area contributed by atoms with Gasteiger partial charge in [0.2, 0.25) is 0 Å². The van der Waals surface area contributed by atoms with E-state index in [2.05, 4.69) is 0 Å². The standard InChI is InChI=1S/C18H24O2/c19-16-5-11-9-2-13-10-1-8-3-17(7-16,14(10)11)15(12(9)6-16)18(13,20)4-8/h8-15,19-20H,1-7H2/t8-,9-,10-,11+,12-,13+,14+,15-,16+,17+,18-/m0/s1. The van der Waals surface area contributed by atoms with Crippen LogP contribution in [0.4, 0.5) is 0 Å². The molecule has 0 amide bonds. The molecule has 11 atom stereocenters. The van der Waals surface area contributed by atoms with Crippen molar-refractivity contribution in [2.75, 3.05) is 0 Å². The third kappa shape index (κ3) is 0.764. The van der Waals surface area contributed by atoms with Crippen LogP contribution < -0.4 is 0 Å². The molecule has 2 nitrogen and oxygen atoms in total. The van der Waals surface area contributed by atoms with Gasteiger partial charge in [-0.15, -0.1) is 0 Å². The molecule has 0 aromatic carbocycles. The summed E-state index contributed by atoms with van der Waals surface area (Å²) in [6.07, 6.45) is 8.38. The van der Waals surface area contributed by atoms with Crippen molar-refractivity contribution >= 4 is 0 Å². The first-order valence-corrected chi connectivity index (χ1v) is 8.99. The quantitative estimate of drug-likeness (QED) is 0.709. The second-order valence-corrected chi connectivity index (χ2v) is 10.0. The average molecular weight is 272 g/mol. The van der Waals surface area contributed by atoms with Gasteiger partial charge >= 0.3 is 0 Å². The largest absolute Gasteiger partial charge is 0.390 e. The molecule has 10 fully saturated rings. The average Bonchev–Trinajstić information content (AvgIpc) is 2.33. The highest BCUT2D eigenvalue weighted by molar-refractivity contribution is 5.32. The lowest BCUT2D eigenvalue weighted by molar-refractivity contribution is -0.410. The van der Waals surface area contributed by atoms with E-state index in [1.54, 1.807) is 0 Å². The Morgan fingerprint density at radius 3 is 2.55 bits per heavy atom. The minimum atomic E-state index is -0.340. The molecule has 108 valence electrons. The molecule has 0 heterocycles. The van der Waals surface area contributed by atoms with Crippen molar-refractivity contribution < 1.29 is 10.2 Å². The highest BCUT2D eigenvalue weighted by atomic mass is 16.3. The highest BCUT2D eigenvalue weighted by Gasteiger charge is 2.83. The van der Waals surface area contributed by atoms with Crippen molar-refractivity contribution in [2.45, 2.75) is 56.1 Å². The van der Waals surface area contributed by atoms with Crippen molar-refractivity contribution in [1.29, 1.82) is 0 Å². The third-order valence-corrected chi connectivity index (χ3v) is 9.74. The summed E-state index contributed by atoms with van der Waals surface area (Å²) < 4.78 is 0. The zero-order chi connectivity index (χ0) is 13.1. The Kier molecular flexibility index (Phi) is 1.35. The second kappa shape index (κ2) is 2.54. The summed E-state index contributed by atoms with van der Waals surface area (Å²) in [5, 5.41) is 22.7. The Bertz CT molecular complexity index is 558. The predicted molar refractivity (Wildman–Crippen MR) is 72.6 cm³/mol. The predicted octanol–water partition coefficient (Wildman–Crippen LogP) is 2.19. The minimum Gasteiger partial charge on any atom is -0.390 e. The SMILES string of the molecule is O[C@]12C[C@@H]3[C@@H]4C[C@@H]5[C@@H]6C[C@@H]7C[C@@]5(O)[C@@H]([C@H]4C1)[C@](C7)(C2)[C@@H]36. The second-order valence-electron chi connectivity index (χ2n) is 10.0. The normalized spacial score (nSPS) is 80.7. The van der Waals surface area contributed by atoms with Gasteiger partial charge in [-0.1, -0.05) is 0 Å². The zero-order valence-electron chi connectivity index (χ0n) is 12.0. The van der Waals surface area contributed by atoms with Crippen LogP contribution in [0, 0.1) is 52.8 Å². The molecule has 1 spiro atoms. The first-order chi connectivity index (χ1) is 9.54. The number of hydrogen-bond donors (Lipinski definition) is 2. The molecule has 20 heavy (non-hydrogen) atoms. The van der Waals surface area contributed by atoms with E-state index < -0.39 is 0 Å². The van der Waals surface area contributed by atoms with Gasteiger partial charge in [0.15, 0.2) is 0 Å². The van der Waals surface area contributed by atoms with E-state index in [0.29, 0.717) is 23.2 Å². The van der Waals surface area contributed by atoms with Crippen LogP contribution in [-0.4, -0.2) is 21.4 Å². The summed E-state index contributed by atoms with van der Waals surface area (Å²) in [6, 6.07) is 0. The number of rotatable bonds is 0. The van der Waals surface area contributed by atoms with Crippen molar-refractivity contribution in [2.24, 2.45) is 52.8 Å². The van der Waals surface area contributed by atoms with Crippen LogP contribution in [-0.2, 0) is 0 Å². The van der Waals surface area contributed by atoms with Gasteiger partial charge in [-0.2, -0.15) is 0 Å². The molecule has 10 saturated carbocycles. The van der Waals surface area contributed by atoms with Crippen LogP contribution in [0.5, 0.6) is 0 Å². The Labute approximate surface area is 119 Å². The fraction of sp³-hybridized carbons (Fsp3) is 1.00. The Morgan fingerprint density at radius 2 is 1.65 bits per heavy atom. The monoisotopic (exact) mass is 272 g/mol. The van der Waals surface area contributed by atoms with Gasteiger partial charge < -0.3 is 10.2 Å². The molecular formula is C18H24O2. The van der Waals surface area contributed by atoms with Crippen LogP contribution in [0.2, 0.25) is 0 Å². The van der Waals surface area contributed by atoms with Gasteiger partial charge in [0.1, 0.15) is 0 Å². The molecule has 0 aromatic heterocycles. The smallest absolute Gasteiger partial charge is 0.0717 e. The zero-order valence-corrected chi connectivity index (χ0v) is 12.0. The number of aliphatic hydroxyl groups is 2. The summed E-state index contributed by atoms with van der Waals surface area (Å²) in [5.41, 5.74) is -0.282. The van der Waals surface area contributed by atoms with Crippen molar-refractivity contribution in [3.05, 3.63) is 0 Å². The van der Waals surface area contributed by atoms with Crippen LogP contribution in [0.25, 0.3) is 0 Å². The fourth-order valence-electron chi connectivity index (χ4n) is 10.4. The van der Waals surface area contributed by atoms with E-state index in [-0.39, 0.29) is 11.2 Å². The lowest BCUT2D eigenvalue weighted by Gasteiger charge is -2.85. The molecule has 0 radical (unpaired) electrons. The molecule has 2 N–H and O–H groups in total. The molecule has 0 aromatic rings. The van der Waals surface area contributed by atoms with Crippen LogP contribution in [0.15, 0.2) is 0 Å². The first-order valence-electron chi connectivity index (χ1n) is 8.99. The molecule has 0 unspecified atom stereocenters. The lowest BCUT2D eigenvalue weighted by Crippen LogP contribution is -2.84. The summed E-state index contributed by atoms with van der Waals surface area (Å²) >= 11 is 0. The Morgan fingerprint density at radius 1 is 0.800 bits per heavy atom. The van der Waals surface area contributed by atoms with Crippen molar-refractivity contribution in [3.8, 4) is 0 Å². The summed E-state index contributed by atoms with van der Waals surface area (Å²) in [6.45, 7) is 0. The third-order valence-electron chi connectivity index (χ3n) is 9.74. The number of hydrogen-bond acceptors (Lipinski definition) is 2. The Hall–Kier alpha value is -0.0800. The van der Waals surface area contributed by atoms with Gasteiger partial charge in [-0.3, -0.25) is 0 Å². The highest BCUT2D eigenvalue weighted by Crippen LogP contribution is 2.85. The van der Waals surface area contributed by atoms with Gasteiger partial charge in [0, 0.05) is 0 Å². The van der Waals surface area contributed by atoms with Crippen LogP contribution >= 0.6 is 0 Å². The van der Waals surface area contributed by atoms with Crippen LogP contribution in [0.1, 0.15) is 44.9 Å². The molecule has 2 heteroatoms. The van der Waals surface area contributed by atoms with E-state index in [1.165, 1.54) is 19.3 Å².